The number of unbranched alkanes of at least 4 members (excludes halogenated alkanes) is 14. The van der Waals surface area contributed by atoms with Gasteiger partial charge in [-0.2, -0.15) is 0 Å². The van der Waals surface area contributed by atoms with Crippen LogP contribution >= 0.6 is 0 Å². The number of amides is 1. The molecule has 37 heavy (non-hydrogen) atoms. The summed E-state index contributed by atoms with van der Waals surface area (Å²) < 4.78 is 0. The van der Waals surface area contributed by atoms with E-state index in [1.807, 2.05) is 0 Å². The molecule has 4 heteroatoms. The Labute approximate surface area is 230 Å². The molecule has 216 valence electrons. The van der Waals surface area contributed by atoms with Crippen molar-refractivity contribution in [3.05, 3.63) is 36.5 Å². The Morgan fingerprint density at radius 1 is 0.649 bits per heavy atom. The molecule has 0 rings (SSSR count). The summed E-state index contributed by atoms with van der Waals surface area (Å²) >= 11 is 0. The second-order valence-corrected chi connectivity index (χ2v) is 10.5. The molecule has 4 nitrogen and oxygen atoms in total. The third-order valence-corrected chi connectivity index (χ3v) is 6.87. The zero-order chi connectivity index (χ0) is 27.2. The Morgan fingerprint density at radius 2 is 1.11 bits per heavy atom. The van der Waals surface area contributed by atoms with Gasteiger partial charge in [0.05, 0.1) is 18.8 Å². The summed E-state index contributed by atoms with van der Waals surface area (Å²) in [5, 5.41) is 22.8. The second-order valence-electron chi connectivity index (χ2n) is 10.5. The van der Waals surface area contributed by atoms with Gasteiger partial charge >= 0.3 is 0 Å². The molecule has 1 amide bonds. The molecule has 0 fully saturated rings. The van der Waals surface area contributed by atoms with Gasteiger partial charge < -0.3 is 15.5 Å². The van der Waals surface area contributed by atoms with E-state index in [1.165, 1.54) is 64.2 Å². The highest BCUT2D eigenvalue weighted by Crippen LogP contribution is 2.11. The summed E-state index contributed by atoms with van der Waals surface area (Å²) in [4.78, 5) is 12.2. The number of nitrogens with one attached hydrogen (secondary N) is 1. The van der Waals surface area contributed by atoms with Gasteiger partial charge in [-0.15, -0.1) is 0 Å². The fraction of sp³-hybridized carbons (Fsp3) is 0.788. The molecule has 0 aromatic heterocycles. The van der Waals surface area contributed by atoms with Gasteiger partial charge in [0.2, 0.25) is 5.91 Å². The van der Waals surface area contributed by atoms with Crippen molar-refractivity contribution in [2.45, 2.75) is 161 Å². The maximum Gasteiger partial charge on any atom is 0.220 e. The molecule has 0 radical (unpaired) electrons. The van der Waals surface area contributed by atoms with Crippen LogP contribution in [0.1, 0.15) is 149 Å². The minimum Gasteiger partial charge on any atom is -0.394 e. The first kappa shape index (κ1) is 35.6. The quantitative estimate of drug-likeness (QED) is 0.0750. The van der Waals surface area contributed by atoms with Gasteiger partial charge in [-0.25, -0.2) is 0 Å². The van der Waals surface area contributed by atoms with Gasteiger partial charge in [0.25, 0.3) is 0 Å². The van der Waals surface area contributed by atoms with Crippen molar-refractivity contribution < 1.29 is 15.0 Å². The van der Waals surface area contributed by atoms with Crippen LogP contribution in [0.4, 0.5) is 0 Å². The van der Waals surface area contributed by atoms with Crippen LogP contribution in [-0.4, -0.2) is 34.9 Å². The van der Waals surface area contributed by atoms with Gasteiger partial charge in [0.1, 0.15) is 0 Å². The Kier molecular flexibility index (Phi) is 28.1. The van der Waals surface area contributed by atoms with Crippen LogP contribution in [0.3, 0.4) is 0 Å². The fourth-order valence-corrected chi connectivity index (χ4v) is 4.38. The van der Waals surface area contributed by atoms with Crippen molar-refractivity contribution in [3.63, 3.8) is 0 Å². The number of aliphatic hydroxyl groups excluding tert-OH is 2. The van der Waals surface area contributed by atoms with E-state index in [1.54, 1.807) is 0 Å². The normalized spacial score (nSPS) is 13.7. The van der Waals surface area contributed by atoms with E-state index >= 15 is 0 Å². The Morgan fingerprint density at radius 3 is 1.70 bits per heavy atom. The number of carbonyl (C=O) groups is 1. The molecule has 2 atom stereocenters. The molecule has 0 aromatic carbocycles. The lowest BCUT2D eigenvalue weighted by Gasteiger charge is -2.22. The van der Waals surface area contributed by atoms with Crippen molar-refractivity contribution in [2.75, 3.05) is 6.61 Å². The molecule has 0 unspecified atom stereocenters. The summed E-state index contributed by atoms with van der Waals surface area (Å²) in [7, 11) is 0. The van der Waals surface area contributed by atoms with Crippen LogP contribution in [-0.2, 0) is 4.79 Å². The lowest BCUT2D eigenvalue weighted by molar-refractivity contribution is -0.123. The standard InChI is InChI=1S/C33H61NO3/c1-3-5-7-9-11-13-15-16-17-18-19-21-23-25-27-29-33(37)34-31(30-35)32(36)28-26-24-22-20-14-12-10-8-6-4-2/h11,13-14,16-17,20,31-32,35-36H,3-10,12,15,18-19,21-30H2,1-2H3,(H,34,37)/b13-11+,17-16+,20-14+/t31-,32+/m0/s1. The molecular weight excluding hydrogens is 458 g/mol. The molecule has 0 bridgehead atoms. The third kappa shape index (κ3) is 26.0. The van der Waals surface area contributed by atoms with Crippen molar-refractivity contribution >= 4 is 5.91 Å². The van der Waals surface area contributed by atoms with Crippen molar-refractivity contribution in [3.8, 4) is 0 Å². The van der Waals surface area contributed by atoms with E-state index in [0.717, 1.165) is 57.8 Å². The summed E-state index contributed by atoms with van der Waals surface area (Å²) in [6.07, 6.45) is 36.1. The van der Waals surface area contributed by atoms with Crippen LogP contribution in [0.15, 0.2) is 36.5 Å². The van der Waals surface area contributed by atoms with Crippen LogP contribution < -0.4 is 5.32 Å². The molecule has 0 aliphatic carbocycles. The number of aliphatic hydroxyl groups is 2. The first-order valence-electron chi connectivity index (χ1n) is 15.7. The molecule has 0 aliphatic heterocycles. The predicted molar refractivity (Wildman–Crippen MR) is 161 cm³/mol. The molecule has 0 saturated carbocycles. The summed E-state index contributed by atoms with van der Waals surface area (Å²) in [5.41, 5.74) is 0. The maximum atomic E-state index is 12.2. The molecule has 0 saturated heterocycles. The van der Waals surface area contributed by atoms with Gasteiger partial charge in [-0.05, 0) is 70.6 Å². The molecule has 3 N–H and O–H groups in total. The SMILES string of the molecule is CCCCC/C=C/C/C=C/CCCCCCCC(=O)N[C@@H](CO)[C@H](O)CCCC/C=C/CCCCCC. The Balaban J connectivity index is 3.69. The summed E-state index contributed by atoms with van der Waals surface area (Å²) in [5.74, 6) is -0.0604. The first-order valence-corrected chi connectivity index (χ1v) is 15.7. The number of carbonyl (C=O) groups excluding carboxylic acids is 1. The molecular formula is C33H61NO3. The monoisotopic (exact) mass is 519 g/mol. The maximum absolute atomic E-state index is 12.2. The van der Waals surface area contributed by atoms with Crippen LogP contribution in [0.2, 0.25) is 0 Å². The number of allylic oxidation sites excluding steroid dienone is 6. The zero-order valence-electron chi connectivity index (χ0n) is 24.5. The third-order valence-electron chi connectivity index (χ3n) is 6.87. The smallest absolute Gasteiger partial charge is 0.220 e. The van der Waals surface area contributed by atoms with E-state index in [4.69, 9.17) is 0 Å². The average Bonchev–Trinajstić information content (AvgIpc) is 2.90. The van der Waals surface area contributed by atoms with Gasteiger partial charge in [-0.3, -0.25) is 4.79 Å². The van der Waals surface area contributed by atoms with E-state index in [9.17, 15) is 15.0 Å². The van der Waals surface area contributed by atoms with E-state index in [2.05, 4.69) is 55.6 Å². The summed E-state index contributed by atoms with van der Waals surface area (Å²) in [6.45, 7) is 4.25. The Bertz CT molecular complexity index is 570. The molecule has 0 aliphatic rings. The van der Waals surface area contributed by atoms with Gasteiger partial charge in [-0.1, -0.05) is 108 Å². The Hall–Kier alpha value is -1.39. The van der Waals surface area contributed by atoms with E-state index in [-0.39, 0.29) is 12.5 Å². The molecule has 0 heterocycles. The van der Waals surface area contributed by atoms with Gasteiger partial charge in [0, 0.05) is 6.42 Å². The van der Waals surface area contributed by atoms with Gasteiger partial charge in [0.15, 0.2) is 0 Å². The van der Waals surface area contributed by atoms with Crippen LogP contribution in [0.5, 0.6) is 0 Å². The lowest BCUT2D eigenvalue weighted by Crippen LogP contribution is -2.45. The minimum absolute atomic E-state index is 0.0604. The number of hydrogen-bond acceptors (Lipinski definition) is 3. The lowest BCUT2D eigenvalue weighted by atomic mass is 10.0. The molecule has 0 aromatic rings. The first-order chi connectivity index (χ1) is 18.2. The number of hydrogen-bond donors (Lipinski definition) is 3. The fourth-order valence-electron chi connectivity index (χ4n) is 4.38. The second kappa shape index (κ2) is 29.2. The van der Waals surface area contributed by atoms with E-state index in [0.29, 0.717) is 12.8 Å². The summed E-state index contributed by atoms with van der Waals surface area (Å²) in [6, 6.07) is -0.556. The highest BCUT2D eigenvalue weighted by Gasteiger charge is 2.19. The predicted octanol–water partition coefficient (Wildman–Crippen LogP) is 8.72. The van der Waals surface area contributed by atoms with Crippen LogP contribution in [0.25, 0.3) is 0 Å². The average molecular weight is 520 g/mol. The van der Waals surface area contributed by atoms with Crippen molar-refractivity contribution in [2.24, 2.45) is 0 Å². The largest absolute Gasteiger partial charge is 0.394 e. The topological polar surface area (TPSA) is 69.6 Å². The molecule has 0 spiro atoms. The minimum atomic E-state index is -0.684. The highest BCUT2D eigenvalue weighted by molar-refractivity contribution is 5.76. The highest BCUT2D eigenvalue weighted by atomic mass is 16.3. The zero-order valence-corrected chi connectivity index (χ0v) is 24.5. The van der Waals surface area contributed by atoms with E-state index < -0.39 is 12.1 Å². The van der Waals surface area contributed by atoms with Crippen molar-refractivity contribution in [1.82, 2.24) is 5.32 Å². The van der Waals surface area contributed by atoms with Crippen LogP contribution in [0, 0.1) is 0 Å². The van der Waals surface area contributed by atoms with Crippen molar-refractivity contribution in [1.29, 1.82) is 0 Å². The number of rotatable bonds is 27.